The third-order valence-electron chi connectivity index (χ3n) is 2.23. The summed E-state index contributed by atoms with van der Waals surface area (Å²) in [6.45, 7) is 4.47. The number of allylic oxidation sites excluding steroid dienone is 1. The maximum absolute atomic E-state index is 10.8. The zero-order valence-corrected chi connectivity index (χ0v) is 13.0. The van der Waals surface area contributed by atoms with Crippen molar-refractivity contribution in [1.29, 1.82) is 0 Å². The number of hydrogen-bond donors (Lipinski definition) is 0. The summed E-state index contributed by atoms with van der Waals surface area (Å²) in [4.78, 5) is 10.8. The Labute approximate surface area is 118 Å². The molecule has 0 unspecified atom stereocenters. The molecule has 1 rings (SSSR count). The predicted molar refractivity (Wildman–Crippen MR) is 77.3 cm³/mol. The Balaban J connectivity index is 3.29. The molecule has 0 aromatic heterocycles. The number of carbonyl (C=O) groups excluding carboxylic acids is 1. The van der Waals surface area contributed by atoms with Crippen LogP contribution in [0, 0.1) is 0 Å². The van der Waals surface area contributed by atoms with Crippen molar-refractivity contribution in [2.45, 2.75) is 20.3 Å². The fourth-order valence-corrected chi connectivity index (χ4v) is 2.78. The number of hydrogen-bond acceptors (Lipinski definition) is 2. The first kappa shape index (κ1) is 14.5. The SMILES string of the molecule is CCOc1c(Br)cc(Br)cc1C=C(C=O)CC. The van der Waals surface area contributed by atoms with Gasteiger partial charge in [-0.15, -0.1) is 0 Å². The first-order valence-corrected chi connectivity index (χ1v) is 6.98. The summed E-state index contributed by atoms with van der Waals surface area (Å²) in [5, 5.41) is 0. The molecule has 92 valence electrons. The molecule has 0 amide bonds. The average Bonchev–Trinajstić information content (AvgIpc) is 2.30. The highest BCUT2D eigenvalue weighted by atomic mass is 79.9. The highest BCUT2D eigenvalue weighted by molar-refractivity contribution is 9.11. The summed E-state index contributed by atoms with van der Waals surface area (Å²) in [7, 11) is 0. The second kappa shape index (κ2) is 6.97. The second-order valence-corrected chi connectivity index (χ2v) is 5.20. The van der Waals surface area contributed by atoms with Crippen molar-refractivity contribution in [2.75, 3.05) is 6.61 Å². The molecular weight excluding hydrogens is 348 g/mol. The second-order valence-electron chi connectivity index (χ2n) is 3.43. The third-order valence-corrected chi connectivity index (χ3v) is 3.27. The van der Waals surface area contributed by atoms with Crippen LogP contribution in [-0.4, -0.2) is 12.9 Å². The van der Waals surface area contributed by atoms with Crippen LogP contribution in [0.15, 0.2) is 26.7 Å². The van der Waals surface area contributed by atoms with Crippen LogP contribution >= 0.6 is 31.9 Å². The van der Waals surface area contributed by atoms with Crippen molar-refractivity contribution in [1.82, 2.24) is 0 Å². The molecule has 1 aromatic rings. The molecule has 0 atom stereocenters. The van der Waals surface area contributed by atoms with Gasteiger partial charge in [-0.3, -0.25) is 4.79 Å². The van der Waals surface area contributed by atoms with Crippen LogP contribution in [0.2, 0.25) is 0 Å². The third kappa shape index (κ3) is 3.96. The molecule has 0 saturated carbocycles. The van der Waals surface area contributed by atoms with Crippen LogP contribution in [0.4, 0.5) is 0 Å². The standard InChI is InChI=1S/C13H14Br2O2/c1-3-9(8-16)5-10-6-11(14)7-12(15)13(10)17-4-2/h5-8H,3-4H2,1-2H3. The Morgan fingerprint density at radius 3 is 2.59 bits per heavy atom. The van der Waals surface area contributed by atoms with E-state index in [0.717, 1.165) is 32.1 Å². The van der Waals surface area contributed by atoms with Gasteiger partial charge in [-0.05, 0) is 53.1 Å². The maximum atomic E-state index is 10.8. The van der Waals surface area contributed by atoms with Crippen LogP contribution in [0.1, 0.15) is 25.8 Å². The zero-order valence-electron chi connectivity index (χ0n) is 9.80. The number of carbonyl (C=O) groups is 1. The van der Waals surface area contributed by atoms with E-state index in [1.54, 1.807) is 0 Å². The Kier molecular flexibility index (Phi) is 5.92. The minimum Gasteiger partial charge on any atom is -0.492 e. The van der Waals surface area contributed by atoms with Crippen LogP contribution < -0.4 is 4.74 Å². The number of ether oxygens (including phenoxy) is 1. The fourth-order valence-electron chi connectivity index (χ4n) is 1.40. The summed E-state index contributed by atoms with van der Waals surface area (Å²) in [5.74, 6) is 0.767. The normalized spacial score (nSPS) is 11.4. The smallest absolute Gasteiger partial charge is 0.146 e. The summed E-state index contributed by atoms with van der Waals surface area (Å²) < 4.78 is 7.41. The summed E-state index contributed by atoms with van der Waals surface area (Å²) >= 11 is 6.89. The highest BCUT2D eigenvalue weighted by Crippen LogP contribution is 2.34. The van der Waals surface area contributed by atoms with E-state index in [1.807, 2.05) is 32.1 Å². The summed E-state index contributed by atoms with van der Waals surface area (Å²) in [6.07, 6.45) is 3.44. The quantitative estimate of drug-likeness (QED) is 0.565. The predicted octanol–water partition coefficient (Wildman–Crippen LogP) is 4.60. The molecule has 0 spiro atoms. The highest BCUT2D eigenvalue weighted by Gasteiger charge is 2.08. The number of benzene rings is 1. The van der Waals surface area contributed by atoms with E-state index in [0.29, 0.717) is 13.0 Å². The maximum Gasteiger partial charge on any atom is 0.146 e. The topological polar surface area (TPSA) is 26.3 Å². The van der Waals surface area contributed by atoms with Gasteiger partial charge in [-0.2, -0.15) is 0 Å². The summed E-state index contributed by atoms with van der Waals surface area (Å²) in [6, 6.07) is 3.86. The Morgan fingerprint density at radius 2 is 2.06 bits per heavy atom. The van der Waals surface area contributed by atoms with Crippen LogP contribution in [0.3, 0.4) is 0 Å². The molecule has 0 aliphatic rings. The van der Waals surface area contributed by atoms with Crippen LogP contribution in [-0.2, 0) is 4.79 Å². The molecule has 4 heteroatoms. The van der Waals surface area contributed by atoms with Crippen molar-refractivity contribution in [2.24, 2.45) is 0 Å². The number of rotatable bonds is 5. The van der Waals surface area contributed by atoms with E-state index in [4.69, 9.17) is 4.74 Å². The lowest BCUT2D eigenvalue weighted by Gasteiger charge is -2.11. The molecule has 0 aliphatic carbocycles. The lowest BCUT2D eigenvalue weighted by Crippen LogP contribution is -1.96. The van der Waals surface area contributed by atoms with Gasteiger partial charge in [0.05, 0.1) is 11.1 Å². The molecule has 0 fully saturated rings. The molecule has 0 saturated heterocycles. The molecule has 1 aromatic carbocycles. The van der Waals surface area contributed by atoms with Gasteiger partial charge in [0, 0.05) is 10.0 Å². The van der Waals surface area contributed by atoms with Gasteiger partial charge in [0.15, 0.2) is 0 Å². The molecule has 0 heterocycles. The Morgan fingerprint density at radius 1 is 1.35 bits per heavy atom. The van der Waals surface area contributed by atoms with Gasteiger partial charge >= 0.3 is 0 Å². The van der Waals surface area contributed by atoms with Crippen molar-refractivity contribution in [3.8, 4) is 5.75 Å². The minimum absolute atomic E-state index is 0.587. The average molecular weight is 362 g/mol. The van der Waals surface area contributed by atoms with Crippen LogP contribution in [0.5, 0.6) is 5.75 Å². The van der Waals surface area contributed by atoms with E-state index >= 15 is 0 Å². The van der Waals surface area contributed by atoms with Gasteiger partial charge in [0.25, 0.3) is 0 Å². The van der Waals surface area contributed by atoms with Crippen molar-refractivity contribution in [3.63, 3.8) is 0 Å². The molecule has 2 nitrogen and oxygen atoms in total. The Hall–Kier alpha value is -0.610. The number of halogens is 2. The van der Waals surface area contributed by atoms with Gasteiger partial charge in [-0.25, -0.2) is 0 Å². The molecule has 0 radical (unpaired) electrons. The molecule has 17 heavy (non-hydrogen) atoms. The van der Waals surface area contributed by atoms with E-state index in [2.05, 4.69) is 31.9 Å². The van der Waals surface area contributed by atoms with Gasteiger partial charge < -0.3 is 4.74 Å². The van der Waals surface area contributed by atoms with Crippen molar-refractivity contribution < 1.29 is 9.53 Å². The molecule has 0 bridgehead atoms. The fraction of sp³-hybridized carbons (Fsp3) is 0.308. The van der Waals surface area contributed by atoms with Gasteiger partial charge in [0.1, 0.15) is 12.0 Å². The largest absolute Gasteiger partial charge is 0.492 e. The molecular formula is C13H14Br2O2. The zero-order chi connectivity index (χ0) is 12.8. The van der Waals surface area contributed by atoms with E-state index < -0.39 is 0 Å². The van der Waals surface area contributed by atoms with Crippen LogP contribution in [0.25, 0.3) is 6.08 Å². The van der Waals surface area contributed by atoms with Crippen molar-refractivity contribution in [3.05, 3.63) is 32.2 Å². The first-order valence-electron chi connectivity index (χ1n) is 5.39. The molecule has 0 N–H and O–H groups in total. The van der Waals surface area contributed by atoms with E-state index in [-0.39, 0.29) is 0 Å². The lowest BCUT2D eigenvalue weighted by molar-refractivity contribution is -0.104. The number of aldehydes is 1. The molecule has 0 aliphatic heterocycles. The van der Waals surface area contributed by atoms with E-state index in [1.165, 1.54) is 0 Å². The lowest BCUT2D eigenvalue weighted by atomic mass is 10.1. The van der Waals surface area contributed by atoms with Gasteiger partial charge in [0.2, 0.25) is 0 Å². The first-order chi connectivity index (χ1) is 8.12. The van der Waals surface area contributed by atoms with Gasteiger partial charge in [-0.1, -0.05) is 22.9 Å². The minimum atomic E-state index is 0.587. The monoisotopic (exact) mass is 360 g/mol. The Bertz CT molecular complexity index is 439. The van der Waals surface area contributed by atoms with Crippen molar-refractivity contribution >= 4 is 44.2 Å². The van der Waals surface area contributed by atoms with E-state index in [9.17, 15) is 4.79 Å². The summed E-state index contributed by atoms with van der Waals surface area (Å²) in [5.41, 5.74) is 1.65.